The molecular weight excluding hydrogens is 463 g/mol. The lowest BCUT2D eigenvalue weighted by atomic mass is 9.86. The first kappa shape index (κ1) is 25.4. The van der Waals surface area contributed by atoms with Gasteiger partial charge in [0.15, 0.2) is 0 Å². The van der Waals surface area contributed by atoms with Crippen molar-refractivity contribution < 1.29 is 17.9 Å². The third kappa shape index (κ3) is 6.10. The lowest BCUT2D eigenvalue weighted by molar-refractivity contribution is 0.257. The van der Waals surface area contributed by atoms with E-state index in [9.17, 15) is 12.8 Å². The summed E-state index contributed by atoms with van der Waals surface area (Å²) in [6.07, 6.45) is 1.73. The van der Waals surface area contributed by atoms with Crippen molar-refractivity contribution in [3.8, 4) is 0 Å². The largest absolute Gasteiger partial charge is 0.392 e. The van der Waals surface area contributed by atoms with Crippen molar-refractivity contribution >= 4 is 15.7 Å². The van der Waals surface area contributed by atoms with E-state index in [2.05, 4.69) is 54.7 Å². The van der Waals surface area contributed by atoms with Crippen molar-refractivity contribution in [3.05, 3.63) is 94.3 Å². The quantitative estimate of drug-likeness (QED) is 0.482. The third-order valence-corrected chi connectivity index (χ3v) is 7.94. The second kappa shape index (κ2) is 10.1. The molecule has 0 unspecified atom stereocenters. The molecule has 0 bridgehead atoms. The molecule has 0 fully saturated rings. The van der Waals surface area contributed by atoms with E-state index in [-0.39, 0.29) is 22.6 Å². The molecule has 2 N–H and O–H groups in total. The summed E-state index contributed by atoms with van der Waals surface area (Å²) in [5.74, 6) is -0.721. The van der Waals surface area contributed by atoms with Crippen molar-refractivity contribution in [2.45, 2.75) is 57.1 Å². The number of halogens is 1. The van der Waals surface area contributed by atoms with E-state index in [1.165, 1.54) is 23.3 Å². The molecule has 0 radical (unpaired) electrons. The van der Waals surface area contributed by atoms with Gasteiger partial charge in [-0.25, -0.2) is 12.8 Å². The van der Waals surface area contributed by atoms with E-state index in [1.807, 2.05) is 6.07 Å². The number of fused-ring (bicyclic) bond motifs is 1. The van der Waals surface area contributed by atoms with Crippen LogP contribution < -0.4 is 4.72 Å². The summed E-state index contributed by atoms with van der Waals surface area (Å²) in [6.45, 7) is 8.92. The van der Waals surface area contributed by atoms with Gasteiger partial charge < -0.3 is 5.11 Å². The highest BCUT2D eigenvalue weighted by atomic mass is 32.2. The normalized spacial score (nSPS) is 14.5. The van der Waals surface area contributed by atoms with Crippen LogP contribution in [0.4, 0.5) is 10.1 Å². The molecule has 35 heavy (non-hydrogen) atoms. The number of aliphatic hydroxyl groups excluding tert-OH is 1. The molecule has 7 heteroatoms. The molecule has 1 aliphatic heterocycles. The molecule has 186 valence electrons. The Bertz CT molecular complexity index is 1300. The first-order valence-electron chi connectivity index (χ1n) is 11.9. The minimum atomic E-state index is -3.93. The van der Waals surface area contributed by atoms with Gasteiger partial charge in [0, 0.05) is 19.6 Å². The maximum absolute atomic E-state index is 14.2. The Morgan fingerprint density at radius 1 is 0.971 bits per heavy atom. The molecule has 0 saturated heterocycles. The highest BCUT2D eigenvalue weighted by Gasteiger charge is 2.22. The van der Waals surface area contributed by atoms with Crippen LogP contribution in [0.2, 0.25) is 0 Å². The molecular formula is C28H33FN2O3S. The second-order valence-electron chi connectivity index (χ2n) is 10.2. The minimum Gasteiger partial charge on any atom is -0.392 e. The van der Waals surface area contributed by atoms with Crippen molar-refractivity contribution in [3.63, 3.8) is 0 Å². The average molecular weight is 497 g/mol. The molecule has 4 rings (SSSR count). The van der Waals surface area contributed by atoms with Crippen molar-refractivity contribution in [2.75, 3.05) is 17.8 Å². The predicted molar refractivity (Wildman–Crippen MR) is 137 cm³/mol. The maximum atomic E-state index is 14.2. The number of benzene rings is 3. The summed E-state index contributed by atoms with van der Waals surface area (Å²) in [6, 6.07) is 17.9. The predicted octanol–water partition coefficient (Wildman–Crippen LogP) is 5.02. The Hall–Kier alpha value is -2.74. The van der Waals surface area contributed by atoms with Gasteiger partial charge in [-0.05, 0) is 70.3 Å². The maximum Gasteiger partial charge on any atom is 0.261 e. The van der Waals surface area contributed by atoms with Crippen LogP contribution in [0.25, 0.3) is 0 Å². The smallest absolute Gasteiger partial charge is 0.261 e. The van der Waals surface area contributed by atoms with Crippen LogP contribution in [0.5, 0.6) is 0 Å². The summed E-state index contributed by atoms with van der Waals surface area (Å²) >= 11 is 0. The fourth-order valence-corrected chi connectivity index (χ4v) is 5.47. The zero-order chi connectivity index (χ0) is 25.2. The van der Waals surface area contributed by atoms with Gasteiger partial charge in [0.1, 0.15) is 5.82 Å². The zero-order valence-corrected chi connectivity index (χ0v) is 21.3. The molecule has 0 saturated carbocycles. The van der Waals surface area contributed by atoms with Gasteiger partial charge in [-0.15, -0.1) is 0 Å². The number of rotatable bonds is 7. The van der Waals surface area contributed by atoms with E-state index >= 15 is 0 Å². The summed E-state index contributed by atoms with van der Waals surface area (Å²) < 4.78 is 42.3. The Kier molecular flexibility index (Phi) is 7.31. The van der Waals surface area contributed by atoms with Crippen molar-refractivity contribution in [2.24, 2.45) is 0 Å². The van der Waals surface area contributed by atoms with Gasteiger partial charge in [0.05, 0.1) is 17.2 Å². The Labute approximate surface area is 207 Å². The van der Waals surface area contributed by atoms with E-state index in [4.69, 9.17) is 5.11 Å². The van der Waals surface area contributed by atoms with Crippen molar-refractivity contribution in [1.82, 2.24) is 4.90 Å². The number of sulfonamides is 1. The second-order valence-corrected chi connectivity index (χ2v) is 11.9. The fraction of sp³-hybridized carbons (Fsp3) is 0.357. The SMILES string of the molecule is CC(C)(C)c1ccc(CCN2CCc3cc(S(=O)(=O)Nc4ccc(CO)cc4F)ccc3C2)cc1. The summed E-state index contributed by atoms with van der Waals surface area (Å²) in [5, 5.41) is 9.11. The van der Waals surface area contributed by atoms with Crippen LogP contribution in [-0.4, -0.2) is 31.5 Å². The Morgan fingerprint density at radius 3 is 2.34 bits per heavy atom. The Balaban J connectivity index is 1.40. The summed E-state index contributed by atoms with van der Waals surface area (Å²) in [5.41, 5.74) is 5.17. The lowest BCUT2D eigenvalue weighted by Crippen LogP contribution is -2.32. The summed E-state index contributed by atoms with van der Waals surface area (Å²) in [4.78, 5) is 2.51. The molecule has 3 aromatic rings. The molecule has 0 amide bonds. The van der Waals surface area contributed by atoms with Crippen LogP contribution >= 0.6 is 0 Å². The fourth-order valence-electron chi connectivity index (χ4n) is 4.35. The molecule has 1 aliphatic rings. The number of hydrogen-bond donors (Lipinski definition) is 2. The highest BCUT2D eigenvalue weighted by molar-refractivity contribution is 7.92. The third-order valence-electron chi connectivity index (χ3n) is 6.58. The first-order chi connectivity index (χ1) is 16.5. The van der Waals surface area contributed by atoms with Gasteiger partial charge in [-0.3, -0.25) is 9.62 Å². The average Bonchev–Trinajstić information content (AvgIpc) is 2.83. The van der Waals surface area contributed by atoms with Gasteiger partial charge in [0.25, 0.3) is 10.0 Å². The molecule has 0 atom stereocenters. The zero-order valence-electron chi connectivity index (χ0n) is 20.5. The van der Waals surface area contributed by atoms with Gasteiger partial charge in [0.2, 0.25) is 0 Å². The number of aliphatic hydroxyl groups is 1. The van der Waals surface area contributed by atoms with Crippen LogP contribution in [0.15, 0.2) is 65.6 Å². The molecule has 0 aromatic heterocycles. The number of nitrogens with one attached hydrogen (secondary N) is 1. The molecule has 3 aromatic carbocycles. The molecule has 0 spiro atoms. The van der Waals surface area contributed by atoms with Crippen LogP contribution in [0.3, 0.4) is 0 Å². The topological polar surface area (TPSA) is 69.6 Å². The minimum absolute atomic E-state index is 0.120. The van der Waals surface area contributed by atoms with Crippen molar-refractivity contribution in [1.29, 1.82) is 0 Å². The monoisotopic (exact) mass is 496 g/mol. The van der Waals surface area contributed by atoms with E-state index < -0.39 is 15.8 Å². The number of anilines is 1. The van der Waals surface area contributed by atoms with Gasteiger partial charge in [-0.2, -0.15) is 0 Å². The number of nitrogens with zero attached hydrogens (tertiary/aromatic N) is 1. The molecule has 0 aliphatic carbocycles. The van der Waals surface area contributed by atoms with Gasteiger partial charge >= 0.3 is 0 Å². The molecule has 1 heterocycles. The number of hydrogen-bond acceptors (Lipinski definition) is 4. The Morgan fingerprint density at radius 2 is 1.69 bits per heavy atom. The van der Waals surface area contributed by atoms with Crippen LogP contribution in [0.1, 0.15) is 48.6 Å². The van der Waals surface area contributed by atoms with E-state index in [1.54, 1.807) is 12.1 Å². The first-order valence-corrected chi connectivity index (χ1v) is 13.4. The molecule has 5 nitrogen and oxygen atoms in total. The van der Waals surface area contributed by atoms with Gasteiger partial charge in [-0.1, -0.05) is 57.2 Å². The summed E-state index contributed by atoms with van der Waals surface area (Å²) in [7, 11) is -3.93. The van der Waals surface area contributed by atoms with Crippen LogP contribution in [-0.2, 0) is 41.4 Å². The van der Waals surface area contributed by atoms with Crippen LogP contribution in [0, 0.1) is 5.82 Å². The standard InChI is InChI=1S/C28H33FN2O3S/c1-28(2,3)24-8-4-20(5-9-24)12-14-31-15-13-22-17-25(10-7-23(22)18-31)35(33,34)30-27-11-6-21(19-32)16-26(27)29/h4-11,16-17,30,32H,12-15,18-19H2,1-3H3. The lowest BCUT2D eigenvalue weighted by Gasteiger charge is -2.29. The van der Waals surface area contributed by atoms with E-state index in [0.29, 0.717) is 5.56 Å². The highest BCUT2D eigenvalue weighted by Crippen LogP contribution is 2.26. The van der Waals surface area contributed by atoms with E-state index in [0.717, 1.165) is 49.7 Å².